The van der Waals surface area contributed by atoms with E-state index >= 15 is 0 Å². The van der Waals surface area contributed by atoms with Crippen molar-refractivity contribution in [3.63, 3.8) is 0 Å². The molecular formula is C14H10O6S. The van der Waals surface area contributed by atoms with Crippen LogP contribution < -0.4 is 0 Å². The fourth-order valence-corrected chi connectivity index (χ4v) is 3.09. The normalized spacial score (nSPS) is 11.0. The Morgan fingerprint density at radius 2 is 1.24 bits per heavy atom. The lowest BCUT2D eigenvalue weighted by Gasteiger charge is -2.07. The molecule has 2 aromatic rings. The summed E-state index contributed by atoms with van der Waals surface area (Å²) in [5.74, 6) is -2.80. The van der Waals surface area contributed by atoms with E-state index in [1.165, 1.54) is 24.3 Å². The molecule has 21 heavy (non-hydrogen) atoms. The van der Waals surface area contributed by atoms with Crippen LogP contribution in [0.25, 0.3) is 0 Å². The van der Waals surface area contributed by atoms with E-state index in [4.69, 9.17) is 10.2 Å². The summed E-state index contributed by atoms with van der Waals surface area (Å²) in [5.41, 5.74) is -0.797. The molecule has 0 fully saturated rings. The van der Waals surface area contributed by atoms with E-state index in [2.05, 4.69) is 0 Å². The van der Waals surface area contributed by atoms with Gasteiger partial charge in [-0.2, -0.15) is 0 Å². The quantitative estimate of drug-likeness (QED) is 0.893. The van der Waals surface area contributed by atoms with Crippen molar-refractivity contribution in [1.29, 1.82) is 0 Å². The minimum absolute atomic E-state index is 0.0381. The lowest BCUT2D eigenvalue weighted by Crippen LogP contribution is -2.08. The summed E-state index contributed by atoms with van der Waals surface area (Å²) in [6.07, 6.45) is 0. The first-order valence-corrected chi connectivity index (χ1v) is 7.22. The molecule has 0 aliphatic heterocycles. The number of rotatable bonds is 4. The highest BCUT2D eigenvalue weighted by molar-refractivity contribution is 7.91. The van der Waals surface area contributed by atoms with E-state index in [1.54, 1.807) is 6.07 Å². The van der Waals surface area contributed by atoms with Gasteiger partial charge in [-0.25, -0.2) is 18.0 Å². The lowest BCUT2D eigenvalue weighted by molar-refractivity contribution is 0.0696. The minimum atomic E-state index is -3.98. The van der Waals surface area contributed by atoms with Crippen molar-refractivity contribution in [1.82, 2.24) is 0 Å². The second-order valence-corrected chi connectivity index (χ2v) is 6.12. The first-order chi connectivity index (χ1) is 9.82. The average molecular weight is 306 g/mol. The van der Waals surface area contributed by atoms with Gasteiger partial charge in [0.05, 0.1) is 20.9 Å². The Kier molecular flexibility index (Phi) is 3.77. The molecule has 0 aromatic heterocycles. The topological polar surface area (TPSA) is 109 Å². The van der Waals surface area contributed by atoms with Gasteiger partial charge in [-0.15, -0.1) is 0 Å². The standard InChI is InChI=1S/C14H10O6S/c15-13(16)9-6-10(14(17)18)8-12(7-9)21(19,20)11-4-2-1-3-5-11/h1-8H,(H,15,16)(H,17,18). The second-order valence-electron chi connectivity index (χ2n) is 4.17. The lowest BCUT2D eigenvalue weighted by atomic mass is 10.1. The van der Waals surface area contributed by atoms with Gasteiger partial charge in [0, 0.05) is 0 Å². The van der Waals surface area contributed by atoms with E-state index in [0.29, 0.717) is 0 Å². The van der Waals surface area contributed by atoms with Gasteiger partial charge in [0.2, 0.25) is 9.84 Å². The molecule has 0 aliphatic carbocycles. The molecule has 0 saturated carbocycles. The smallest absolute Gasteiger partial charge is 0.335 e. The van der Waals surface area contributed by atoms with Crippen molar-refractivity contribution in [3.8, 4) is 0 Å². The molecule has 0 unspecified atom stereocenters. The number of sulfone groups is 1. The molecule has 0 spiro atoms. The Balaban J connectivity index is 2.69. The summed E-state index contributed by atoms with van der Waals surface area (Å²) < 4.78 is 24.8. The Labute approximate surface area is 120 Å². The monoisotopic (exact) mass is 306 g/mol. The highest BCUT2D eigenvalue weighted by Crippen LogP contribution is 2.23. The SMILES string of the molecule is O=C(O)c1cc(C(=O)O)cc(S(=O)(=O)c2ccccc2)c1. The molecule has 0 amide bonds. The number of aromatic carboxylic acids is 2. The maximum atomic E-state index is 12.4. The van der Waals surface area contributed by atoms with Crippen molar-refractivity contribution in [2.24, 2.45) is 0 Å². The number of hydrogen-bond donors (Lipinski definition) is 2. The van der Waals surface area contributed by atoms with Crippen LogP contribution >= 0.6 is 0 Å². The Hall–Kier alpha value is -2.67. The third-order valence-electron chi connectivity index (χ3n) is 2.76. The summed E-state index contributed by atoms with van der Waals surface area (Å²) >= 11 is 0. The van der Waals surface area contributed by atoms with Gasteiger partial charge in [-0.05, 0) is 30.3 Å². The summed E-state index contributed by atoms with van der Waals surface area (Å²) in [5, 5.41) is 17.9. The van der Waals surface area contributed by atoms with Crippen molar-refractivity contribution in [3.05, 3.63) is 59.7 Å². The number of carboxylic acid groups (broad SMARTS) is 2. The van der Waals surface area contributed by atoms with Crippen molar-refractivity contribution < 1.29 is 28.2 Å². The first kappa shape index (κ1) is 14.7. The highest BCUT2D eigenvalue weighted by Gasteiger charge is 2.21. The van der Waals surface area contributed by atoms with Crippen LogP contribution in [0.5, 0.6) is 0 Å². The molecular weight excluding hydrogens is 296 g/mol. The summed E-state index contributed by atoms with van der Waals surface area (Å²) in [4.78, 5) is 21.6. The van der Waals surface area contributed by atoms with Gasteiger partial charge in [-0.1, -0.05) is 18.2 Å². The Morgan fingerprint density at radius 1 is 0.762 bits per heavy atom. The highest BCUT2D eigenvalue weighted by atomic mass is 32.2. The van der Waals surface area contributed by atoms with Crippen LogP contribution in [0.2, 0.25) is 0 Å². The summed E-state index contributed by atoms with van der Waals surface area (Å²) in [6.45, 7) is 0. The van der Waals surface area contributed by atoms with Gasteiger partial charge >= 0.3 is 11.9 Å². The van der Waals surface area contributed by atoms with Crippen LogP contribution in [-0.4, -0.2) is 30.6 Å². The molecule has 6 nitrogen and oxygen atoms in total. The maximum absolute atomic E-state index is 12.4. The Morgan fingerprint density at radius 3 is 1.67 bits per heavy atom. The molecule has 0 heterocycles. The third-order valence-corrected chi connectivity index (χ3v) is 4.51. The molecule has 0 aliphatic rings. The van der Waals surface area contributed by atoms with Crippen LogP contribution in [0.3, 0.4) is 0 Å². The minimum Gasteiger partial charge on any atom is -0.478 e. The third kappa shape index (κ3) is 2.92. The molecule has 0 radical (unpaired) electrons. The van der Waals surface area contributed by atoms with Crippen LogP contribution in [0.1, 0.15) is 20.7 Å². The van der Waals surface area contributed by atoms with Gasteiger partial charge < -0.3 is 10.2 Å². The fourth-order valence-electron chi connectivity index (χ4n) is 1.74. The molecule has 0 atom stereocenters. The molecule has 7 heteroatoms. The molecule has 108 valence electrons. The zero-order valence-corrected chi connectivity index (χ0v) is 11.4. The maximum Gasteiger partial charge on any atom is 0.335 e. The number of carbonyl (C=O) groups is 2. The zero-order chi connectivity index (χ0) is 15.6. The molecule has 2 N–H and O–H groups in total. The second kappa shape index (κ2) is 5.37. The molecule has 0 bridgehead atoms. The molecule has 2 aromatic carbocycles. The van der Waals surface area contributed by atoms with E-state index in [-0.39, 0.29) is 9.79 Å². The predicted molar refractivity (Wildman–Crippen MR) is 72.3 cm³/mol. The summed E-state index contributed by atoms with van der Waals surface area (Å²) in [6, 6.07) is 10.2. The van der Waals surface area contributed by atoms with Gasteiger partial charge in [-0.3, -0.25) is 0 Å². The van der Waals surface area contributed by atoms with Crippen LogP contribution in [-0.2, 0) is 9.84 Å². The van der Waals surface area contributed by atoms with E-state index in [1.807, 2.05) is 0 Å². The fraction of sp³-hybridized carbons (Fsp3) is 0. The predicted octanol–water partition coefficient (Wildman–Crippen LogP) is 1.92. The zero-order valence-electron chi connectivity index (χ0n) is 10.6. The number of carboxylic acids is 2. The van der Waals surface area contributed by atoms with Crippen LogP contribution in [0.15, 0.2) is 58.3 Å². The van der Waals surface area contributed by atoms with Crippen molar-refractivity contribution in [2.75, 3.05) is 0 Å². The van der Waals surface area contributed by atoms with Crippen molar-refractivity contribution in [2.45, 2.75) is 9.79 Å². The Bertz CT molecular complexity index is 776. The molecule has 0 saturated heterocycles. The van der Waals surface area contributed by atoms with Gasteiger partial charge in [0.1, 0.15) is 0 Å². The van der Waals surface area contributed by atoms with E-state index in [9.17, 15) is 18.0 Å². The van der Waals surface area contributed by atoms with Gasteiger partial charge in [0.15, 0.2) is 0 Å². The number of benzene rings is 2. The van der Waals surface area contributed by atoms with E-state index in [0.717, 1.165) is 18.2 Å². The van der Waals surface area contributed by atoms with Crippen LogP contribution in [0, 0.1) is 0 Å². The average Bonchev–Trinajstić information content (AvgIpc) is 2.47. The van der Waals surface area contributed by atoms with Crippen LogP contribution in [0.4, 0.5) is 0 Å². The van der Waals surface area contributed by atoms with Crippen molar-refractivity contribution >= 4 is 21.8 Å². The largest absolute Gasteiger partial charge is 0.478 e. The summed E-state index contributed by atoms with van der Waals surface area (Å²) in [7, 11) is -3.98. The first-order valence-electron chi connectivity index (χ1n) is 5.74. The number of hydrogen-bond acceptors (Lipinski definition) is 4. The molecule has 2 rings (SSSR count). The van der Waals surface area contributed by atoms with Gasteiger partial charge in [0.25, 0.3) is 0 Å². The van der Waals surface area contributed by atoms with E-state index < -0.39 is 32.9 Å².